The zero-order chi connectivity index (χ0) is 26.2. The van der Waals surface area contributed by atoms with Crippen molar-refractivity contribution in [2.24, 2.45) is 0 Å². The molecule has 1 aliphatic carbocycles. The van der Waals surface area contributed by atoms with Gasteiger partial charge in [-0.05, 0) is 73.2 Å². The van der Waals surface area contributed by atoms with E-state index in [-0.39, 0.29) is 47.6 Å². The van der Waals surface area contributed by atoms with Crippen LogP contribution in [0.4, 0.5) is 24.8 Å². The number of hydrogen-bond acceptors (Lipinski definition) is 6. The minimum absolute atomic E-state index is 0. The lowest BCUT2D eigenvalue weighted by Gasteiger charge is -2.33. The number of anilines is 2. The third kappa shape index (κ3) is 6.88. The van der Waals surface area contributed by atoms with Gasteiger partial charge in [-0.2, -0.15) is 13.2 Å². The van der Waals surface area contributed by atoms with Gasteiger partial charge in [0.05, 0.1) is 18.4 Å². The molecule has 0 atom stereocenters. The second-order valence-corrected chi connectivity index (χ2v) is 10.3. The summed E-state index contributed by atoms with van der Waals surface area (Å²) in [5.41, 5.74) is 3.11. The zero-order valence-corrected chi connectivity index (χ0v) is 23.7. The standard InChI is InChI=1S/C28H31F3N4O2.2ClH/c1-27(2)16-18-17-32-26(34-25(18)23-15-21(36-3)6-7-24(23)27)33-20-12-19(28(29,30)31)13-22(14-20)37-11-10-35-8-4-5-9-35;;/h6-7,12-15,17H,4-5,8-11,16H2,1-3H3,(H,32,33,34);2*1H. The maximum absolute atomic E-state index is 13.7. The Hall–Kier alpha value is -2.75. The third-order valence-corrected chi connectivity index (χ3v) is 7.07. The van der Waals surface area contributed by atoms with Gasteiger partial charge < -0.3 is 14.8 Å². The van der Waals surface area contributed by atoms with E-state index in [1.165, 1.54) is 0 Å². The number of hydrogen-bond donors (Lipinski definition) is 1. The van der Waals surface area contributed by atoms with Gasteiger partial charge in [-0.15, -0.1) is 24.8 Å². The van der Waals surface area contributed by atoms with Gasteiger partial charge in [0, 0.05) is 30.1 Å². The number of rotatable bonds is 7. The van der Waals surface area contributed by atoms with Crippen LogP contribution in [0.15, 0.2) is 42.6 Å². The Bertz CT molecular complexity index is 1300. The lowest BCUT2D eigenvalue weighted by molar-refractivity contribution is -0.137. The van der Waals surface area contributed by atoms with E-state index in [2.05, 4.69) is 29.0 Å². The number of nitrogens with one attached hydrogen (secondary N) is 1. The predicted molar refractivity (Wildman–Crippen MR) is 151 cm³/mol. The molecule has 0 bridgehead atoms. The van der Waals surface area contributed by atoms with Crippen molar-refractivity contribution in [3.05, 3.63) is 59.3 Å². The van der Waals surface area contributed by atoms with Gasteiger partial charge in [0.15, 0.2) is 0 Å². The fourth-order valence-electron chi connectivity index (χ4n) is 5.18. The third-order valence-electron chi connectivity index (χ3n) is 7.07. The first-order chi connectivity index (χ1) is 17.6. The number of nitrogens with zero attached hydrogens (tertiary/aromatic N) is 3. The Morgan fingerprint density at radius 3 is 2.46 bits per heavy atom. The molecule has 11 heteroatoms. The number of halogens is 5. The summed E-state index contributed by atoms with van der Waals surface area (Å²) in [4.78, 5) is 11.4. The fraction of sp³-hybridized carbons (Fsp3) is 0.429. The second kappa shape index (κ2) is 12.2. The van der Waals surface area contributed by atoms with Crippen molar-refractivity contribution in [2.75, 3.05) is 38.7 Å². The van der Waals surface area contributed by atoms with Gasteiger partial charge in [0.1, 0.15) is 18.1 Å². The van der Waals surface area contributed by atoms with Crippen LogP contribution in [0.5, 0.6) is 11.5 Å². The molecular weight excluding hydrogens is 552 g/mol. The Morgan fingerprint density at radius 1 is 1.03 bits per heavy atom. The Labute approximate surface area is 239 Å². The van der Waals surface area contributed by atoms with E-state index >= 15 is 0 Å². The van der Waals surface area contributed by atoms with Gasteiger partial charge in [0.25, 0.3) is 0 Å². The van der Waals surface area contributed by atoms with Crippen LogP contribution in [0.2, 0.25) is 0 Å². The van der Waals surface area contributed by atoms with E-state index in [0.717, 1.165) is 66.9 Å². The molecule has 212 valence electrons. The van der Waals surface area contributed by atoms with Crippen LogP contribution in [-0.4, -0.2) is 48.2 Å². The van der Waals surface area contributed by atoms with Crippen molar-refractivity contribution in [3.8, 4) is 22.8 Å². The van der Waals surface area contributed by atoms with E-state index in [1.54, 1.807) is 19.4 Å². The molecule has 39 heavy (non-hydrogen) atoms. The highest BCUT2D eigenvalue weighted by atomic mass is 35.5. The summed E-state index contributed by atoms with van der Waals surface area (Å²) in [6.45, 7) is 7.35. The molecule has 1 fully saturated rings. The van der Waals surface area contributed by atoms with Crippen molar-refractivity contribution in [2.45, 2.75) is 44.7 Å². The average molecular weight is 585 g/mol. The molecule has 2 aliphatic rings. The molecule has 0 saturated carbocycles. The minimum atomic E-state index is -4.51. The summed E-state index contributed by atoms with van der Waals surface area (Å²) in [5.74, 6) is 1.09. The monoisotopic (exact) mass is 584 g/mol. The number of benzene rings is 2. The molecule has 2 heterocycles. The summed E-state index contributed by atoms with van der Waals surface area (Å²) in [5, 5.41) is 2.97. The van der Waals surface area contributed by atoms with Crippen LogP contribution in [0.3, 0.4) is 0 Å². The van der Waals surface area contributed by atoms with E-state index in [4.69, 9.17) is 14.5 Å². The number of ether oxygens (including phenoxy) is 2. The first-order valence-corrected chi connectivity index (χ1v) is 12.5. The fourth-order valence-corrected chi connectivity index (χ4v) is 5.18. The number of likely N-dealkylation sites (tertiary alicyclic amines) is 1. The highest BCUT2D eigenvalue weighted by molar-refractivity contribution is 5.85. The quantitative estimate of drug-likeness (QED) is 0.320. The predicted octanol–water partition coefficient (Wildman–Crippen LogP) is 7.07. The average Bonchev–Trinajstić information content (AvgIpc) is 3.37. The number of aromatic nitrogens is 2. The maximum Gasteiger partial charge on any atom is 0.416 e. The van der Waals surface area contributed by atoms with E-state index < -0.39 is 11.7 Å². The molecule has 3 aromatic rings. The van der Waals surface area contributed by atoms with Gasteiger partial charge in [-0.1, -0.05) is 19.9 Å². The smallest absolute Gasteiger partial charge is 0.416 e. The molecule has 1 saturated heterocycles. The van der Waals surface area contributed by atoms with Crippen molar-refractivity contribution in [1.29, 1.82) is 0 Å². The SMILES string of the molecule is COc1ccc2c(c1)-c1nc(Nc3cc(OCCN4CCCC4)cc(C(F)(F)F)c3)ncc1CC2(C)C.Cl.Cl. The second-order valence-electron chi connectivity index (χ2n) is 10.3. The van der Waals surface area contributed by atoms with E-state index in [9.17, 15) is 13.2 Å². The normalized spacial score (nSPS) is 15.8. The minimum Gasteiger partial charge on any atom is -0.497 e. The van der Waals surface area contributed by atoms with E-state index in [1.807, 2.05) is 18.2 Å². The molecule has 0 spiro atoms. The number of fused-ring (bicyclic) bond motifs is 3. The van der Waals surface area contributed by atoms with Gasteiger partial charge in [0.2, 0.25) is 5.95 Å². The summed E-state index contributed by atoms with van der Waals surface area (Å²) < 4.78 is 52.1. The lowest BCUT2D eigenvalue weighted by Crippen LogP contribution is -2.26. The molecule has 1 N–H and O–H groups in total. The molecule has 5 rings (SSSR count). The van der Waals surface area contributed by atoms with Crippen molar-refractivity contribution in [3.63, 3.8) is 0 Å². The van der Waals surface area contributed by atoms with Gasteiger partial charge in [-0.3, -0.25) is 4.90 Å². The first-order valence-electron chi connectivity index (χ1n) is 12.5. The molecule has 0 radical (unpaired) electrons. The van der Waals surface area contributed by atoms with Crippen molar-refractivity contribution in [1.82, 2.24) is 14.9 Å². The maximum atomic E-state index is 13.7. The van der Waals surface area contributed by atoms with Crippen LogP contribution in [0.1, 0.15) is 43.4 Å². The highest BCUT2D eigenvalue weighted by Crippen LogP contribution is 2.44. The van der Waals surface area contributed by atoms with Crippen LogP contribution in [-0.2, 0) is 18.0 Å². The summed E-state index contributed by atoms with van der Waals surface area (Å²) in [6, 6.07) is 9.57. The zero-order valence-electron chi connectivity index (χ0n) is 22.1. The Kier molecular flexibility index (Phi) is 9.62. The van der Waals surface area contributed by atoms with Crippen LogP contribution in [0.25, 0.3) is 11.3 Å². The van der Waals surface area contributed by atoms with E-state index in [0.29, 0.717) is 18.9 Å². The van der Waals surface area contributed by atoms with Crippen molar-refractivity contribution >= 4 is 36.4 Å². The molecule has 2 aromatic carbocycles. The van der Waals surface area contributed by atoms with Crippen LogP contribution < -0.4 is 14.8 Å². The molecular formula is C28H33Cl2F3N4O2. The first kappa shape index (κ1) is 30.8. The summed E-state index contributed by atoms with van der Waals surface area (Å²) in [7, 11) is 1.61. The largest absolute Gasteiger partial charge is 0.497 e. The highest BCUT2D eigenvalue weighted by Gasteiger charge is 2.33. The van der Waals surface area contributed by atoms with Gasteiger partial charge >= 0.3 is 6.18 Å². The van der Waals surface area contributed by atoms with Gasteiger partial charge in [-0.25, -0.2) is 9.97 Å². The Morgan fingerprint density at radius 2 is 1.77 bits per heavy atom. The molecule has 0 amide bonds. The lowest BCUT2D eigenvalue weighted by atomic mass is 9.72. The topological polar surface area (TPSA) is 59.5 Å². The number of methoxy groups -OCH3 is 1. The molecule has 1 aromatic heterocycles. The summed E-state index contributed by atoms with van der Waals surface area (Å²) in [6.07, 6.45) is 0.277. The molecule has 0 unspecified atom stereocenters. The Balaban J connectivity index is 0.00000210. The van der Waals surface area contributed by atoms with Crippen LogP contribution >= 0.6 is 24.8 Å². The summed E-state index contributed by atoms with van der Waals surface area (Å²) >= 11 is 0. The van der Waals surface area contributed by atoms with Crippen molar-refractivity contribution < 1.29 is 22.6 Å². The molecule has 1 aliphatic heterocycles. The van der Waals surface area contributed by atoms with Crippen LogP contribution in [0, 0.1) is 0 Å². The number of alkyl halides is 3. The molecule has 6 nitrogen and oxygen atoms in total.